The van der Waals surface area contributed by atoms with Crippen molar-refractivity contribution in [2.24, 2.45) is 0 Å². The molecule has 2 aromatic carbocycles. The maximum atomic E-state index is 12.5. The summed E-state index contributed by atoms with van der Waals surface area (Å²) in [5, 5.41) is 6.99. The normalized spacial score (nSPS) is 11.7. The van der Waals surface area contributed by atoms with Crippen molar-refractivity contribution >= 4 is 11.6 Å². The lowest BCUT2D eigenvalue weighted by Gasteiger charge is -2.09. The number of methoxy groups -OCH3 is 1. The Bertz CT molecular complexity index is 1070. The maximum absolute atomic E-state index is 12.5. The van der Waals surface area contributed by atoms with Gasteiger partial charge in [0.05, 0.1) is 13.2 Å². The summed E-state index contributed by atoms with van der Waals surface area (Å²) in [7, 11) is 1.55. The zero-order valence-corrected chi connectivity index (χ0v) is 14.9. The van der Waals surface area contributed by atoms with Gasteiger partial charge in [-0.25, -0.2) is 4.68 Å². The predicted octanol–water partition coefficient (Wildman–Crippen LogP) is 2.71. The Hall–Kier alpha value is -3.25. The van der Waals surface area contributed by atoms with Gasteiger partial charge in [-0.3, -0.25) is 9.59 Å². The summed E-state index contributed by atoms with van der Waals surface area (Å²) in [6.07, 6.45) is 0.857. The highest BCUT2D eigenvalue weighted by Crippen LogP contribution is 2.37. The number of carbonyl (C=O) groups excluding carboxylic acids is 1. The number of fused-ring (bicyclic) bond motifs is 3. The monoisotopic (exact) mass is 361 g/mol. The number of amides is 1. The number of benzene rings is 2. The van der Waals surface area contributed by atoms with Gasteiger partial charge in [0.25, 0.3) is 11.5 Å². The molecule has 1 aliphatic carbocycles. The summed E-state index contributed by atoms with van der Waals surface area (Å²) in [5.74, 6) is -0.350. The molecule has 6 heteroatoms. The molecular formula is C21H19N3O3. The molecule has 0 unspecified atom stereocenters. The Labute approximate surface area is 156 Å². The van der Waals surface area contributed by atoms with E-state index >= 15 is 0 Å². The van der Waals surface area contributed by atoms with Gasteiger partial charge in [-0.15, -0.1) is 0 Å². The summed E-state index contributed by atoms with van der Waals surface area (Å²) in [5.41, 5.74) is 5.57. The van der Waals surface area contributed by atoms with E-state index in [-0.39, 0.29) is 17.2 Å². The molecule has 0 atom stereocenters. The van der Waals surface area contributed by atoms with E-state index in [2.05, 4.69) is 22.5 Å². The van der Waals surface area contributed by atoms with Crippen molar-refractivity contribution in [2.75, 3.05) is 19.0 Å². The lowest BCUT2D eigenvalue weighted by Crippen LogP contribution is -2.27. The minimum atomic E-state index is -0.350. The van der Waals surface area contributed by atoms with Crippen molar-refractivity contribution in [1.29, 1.82) is 0 Å². The minimum absolute atomic E-state index is 0.189. The van der Waals surface area contributed by atoms with Gasteiger partial charge in [0, 0.05) is 18.9 Å². The molecule has 0 spiro atoms. The Morgan fingerprint density at radius 2 is 1.93 bits per heavy atom. The molecule has 0 aliphatic heterocycles. The van der Waals surface area contributed by atoms with Crippen LogP contribution in [0.2, 0.25) is 0 Å². The quantitative estimate of drug-likeness (QED) is 0.593. The number of nitrogens with one attached hydrogen (secondary N) is 1. The molecule has 1 amide bonds. The van der Waals surface area contributed by atoms with Crippen molar-refractivity contribution in [3.05, 3.63) is 81.8 Å². The second-order valence-corrected chi connectivity index (χ2v) is 6.43. The highest BCUT2D eigenvalue weighted by atomic mass is 16.5. The fourth-order valence-corrected chi connectivity index (χ4v) is 3.33. The Morgan fingerprint density at radius 3 is 2.78 bits per heavy atom. The largest absolute Gasteiger partial charge is 0.383 e. The van der Waals surface area contributed by atoms with Gasteiger partial charge in [0.2, 0.25) is 0 Å². The van der Waals surface area contributed by atoms with E-state index in [0.29, 0.717) is 18.8 Å². The lowest BCUT2D eigenvalue weighted by molar-refractivity contribution is 0.101. The molecule has 1 N–H and O–H groups in total. The zero-order valence-electron chi connectivity index (χ0n) is 14.9. The third-order valence-electron chi connectivity index (χ3n) is 4.66. The van der Waals surface area contributed by atoms with Crippen LogP contribution in [0.4, 0.5) is 5.69 Å². The SMILES string of the molecule is COCCn1nc(C(=O)Nc2ccc3c(c2)Cc2ccccc2-3)ccc1=O. The van der Waals surface area contributed by atoms with Gasteiger partial charge < -0.3 is 10.1 Å². The van der Waals surface area contributed by atoms with Crippen LogP contribution in [0.25, 0.3) is 11.1 Å². The van der Waals surface area contributed by atoms with E-state index in [0.717, 1.165) is 6.42 Å². The zero-order chi connectivity index (χ0) is 18.8. The van der Waals surface area contributed by atoms with E-state index in [1.165, 1.54) is 39.1 Å². The van der Waals surface area contributed by atoms with Crippen LogP contribution >= 0.6 is 0 Å². The van der Waals surface area contributed by atoms with Gasteiger partial charge in [-0.1, -0.05) is 30.3 Å². The molecule has 136 valence electrons. The number of hydrogen-bond donors (Lipinski definition) is 1. The molecule has 0 saturated carbocycles. The summed E-state index contributed by atoms with van der Waals surface area (Å²) in [6, 6.07) is 17.0. The van der Waals surface area contributed by atoms with E-state index in [4.69, 9.17) is 4.74 Å². The van der Waals surface area contributed by atoms with Gasteiger partial charge in [0.1, 0.15) is 5.69 Å². The first-order valence-electron chi connectivity index (χ1n) is 8.75. The molecule has 0 fully saturated rings. The Morgan fingerprint density at radius 1 is 1.11 bits per heavy atom. The number of aromatic nitrogens is 2. The van der Waals surface area contributed by atoms with Crippen molar-refractivity contribution < 1.29 is 9.53 Å². The summed E-state index contributed by atoms with van der Waals surface area (Å²) in [4.78, 5) is 24.4. The molecule has 3 aromatic rings. The predicted molar refractivity (Wildman–Crippen MR) is 103 cm³/mol. The van der Waals surface area contributed by atoms with Gasteiger partial charge >= 0.3 is 0 Å². The molecule has 1 aromatic heterocycles. The first kappa shape index (κ1) is 17.2. The average molecular weight is 361 g/mol. The van der Waals surface area contributed by atoms with Crippen molar-refractivity contribution in [2.45, 2.75) is 13.0 Å². The maximum Gasteiger partial charge on any atom is 0.276 e. The second kappa shape index (κ2) is 7.17. The first-order valence-corrected chi connectivity index (χ1v) is 8.75. The van der Waals surface area contributed by atoms with Crippen LogP contribution in [-0.2, 0) is 17.7 Å². The smallest absolute Gasteiger partial charge is 0.276 e. The van der Waals surface area contributed by atoms with Crippen LogP contribution in [-0.4, -0.2) is 29.4 Å². The number of ether oxygens (including phenoxy) is 1. The standard InChI is InChI=1S/C21H19N3O3/c1-27-11-10-24-20(25)9-8-19(23-24)21(26)22-16-6-7-18-15(13-16)12-14-4-2-3-5-17(14)18/h2-9,13H,10-12H2,1H3,(H,22,26). The third-order valence-corrected chi connectivity index (χ3v) is 4.66. The summed E-state index contributed by atoms with van der Waals surface area (Å²) < 4.78 is 6.20. The molecule has 1 heterocycles. The molecule has 27 heavy (non-hydrogen) atoms. The van der Waals surface area contributed by atoms with Gasteiger partial charge in [-0.05, 0) is 46.9 Å². The lowest BCUT2D eigenvalue weighted by atomic mass is 10.1. The van der Waals surface area contributed by atoms with E-state index in [1.807, 2.05) is 30.3 Å². The Kier molecular flexibility index (Phi) is 4.56. The highest BCUT2D eigenvalue weighted by Gasteiger charge is 2.18. The number of nitrogens with zero attached hydrogens (tertiary/aromatic N) is 2. The molecule has 6 nitrogen and oxygen atoms in total. The average Bonchev–Trinajstić information content (AvgIpc) is 3.05. The van der Waals surface area contributed by atoms with Crippen molar-refractivity contribution in [3.63, 3.8) is 0 Å². The van der Waals surface area contributed by atoms with E-state index in [9.17, 15) is 9.59 Å². The topological polar surface area (TPSA) is 73.2 Å². The molecule has 0 radical (unpaired) electrons. The summed E-state index contributed by atoms with van der Waals surface area (Å²) >= 11 is 0. The van der Waals surface area contributed by atoms with Crippen molar-refractivity contribution in [3.8, 4) is 11.1 Å². The van der Waals surface area contributed by atoms with E-state index < -0.39 is 0 Å². The van der Waals surface area contributed by atoms with Crippen LogP contribution in [0.1, 0.15) is 21.6 Å². The fourth-order valence-electron chi connectivity index (χ4n) is 3.33. The minimum Gasteiger partial charge on any atom is -0.383 e. The highest BCUT2D eigenvalue weighted by molar-refractivity contribution is 6.03. The van der Waals surface area contributed by atoms with Gasteiger partial charge in [-0.2, -0.15) is 5.10 Å². The Balaban J connectivity index is 1.54. The van der Waals surface area contributed by atoms with Gasteiger partial charge in [0.15, 0.2) is 0 Å². The first-order chi connectivity index (χ1) is 13.2. The summed E-state index contributed by atoms with van der Waals surface area (Å²) in [6.45, 7) is 0.650. The van der Waals surface area contributed by atoms with Crippen LogP contribution in [0.5, 0.6) is 0 Å². The fraction of sp³-hybridized carbons (Fsp3) is 0.190. The van der Waals surface area contributed by atoms with E-state index in [1.54, 1.807) is 7.11 Å². The van der Waals surface area contributed by atoms with Crippen LogP contribution < -0.4 is 10.9 Å². The molecular weight excluding hydrogens is 342 g/mol. The molecule has 0 bridgehead atoms. The van der Waals surface area contributed by atoms with Crippen molar-refractivity contribution in [1.82, 2.24) is 9.78 Å². The van der Waals surface area contributed by atoms with Crippen LogP contribution in [0, 0.1) is 0 Å². The number of rotatable bonds is 5. The van der Waals surface area contributed by atoms with Crippen LogP contribution in [0.3, 0.4) is 0 Å². The number of hydrogen-bond acceptors (Lipinski definition) is 4. The molecule has 4 rings (SSSR count). The van der Waals surface area contributed by atoms with Crippen LogP contribution in [0.15, 0.2) is 59.4 Å². The number of anilines is 1. The number of carbonyl (C=O) groups is 1. The third kappa shape index (κ3) is 3.39. The molecule has 0 saturated heterocycles. The second-order valence-electron chi connectivity index (χ2n) is 6.43. The molecule has 1 aliphatic rings.